The molecular formula is C20H15ClN2O5S. The first-order valence-corrected chi connectivity index (χ1v) is 10.1. The van der Waals surface area contributed by atoms with Crippen molar-refractivity contribution in [2.45, 2.75) is 4.90 Å². The third-order valence-corrected chi connectivity index (χ3v) is 5.61. The first-order chi connectivity index (χ1) is 13.8. The summed E-state index contributed by atoms with van der Waals surface area (Å²) in [5.41, 5.74) is 0.851. The molecule has 3 aromatic carbocycles. The number of carboxylic acid groups (broad SMARTS) is 1. The van der Waals surface area contributed by atoms with E-state index in [1.807, 2.05) is 0 Å². The molecule has 148 valence electrons. The van der Waals surface area contributed by atoms with Crippen LogP contribution in [0.25, 0.3) is 0 Å². The molecule has 0 unspecified atom stereocenters. The van der Waals surface area contributed by atoms with Crippen LogP contribution in [-0.2, 0) is 10.0 Å². The largest absolute Gasteiger partial charge is 0.478 e. The van der Waals surface area contributed by atoms with E-state index >= 15 is 0 Å². The monoisotopic (exact) mass is 430 g/mol. The fraction of sp³-hybridized carbons (Fsp3) is 0. The Morgan fingerprint density at radius 3 is 2.07 bits per heavy atom. The van der Waals surface area contributed by atoms with E-state index in [-0.39, 0.29) is 26.7 Å². The van der Waals surface area contributed by atoms with E-state index in [1.54, 1.807) is 18.2 Å². The highest BCUT2D eigenvalue weighted by molar-refractivity contribution is 7.92. The average Bonchev–Trinajstić information content (AvgIpc) is 2.70. The Labute approximate surface area is 172 Å². The van der Waals surface area contributed by atoms with E-state index in [0.29, 0.717) is 5.69 Å². The van der Waals surface area contributed by atoms with Crippen LogP contribution >= 0.6 is 11.6 Å². The predicted octanol–water partition coefficient (Wildman–Crippen LogP) is 4.09. The number of hydrogen-bond donors (Lipinski definition) is 3. The second-order valence-corrected chi connectivity index (χ2v) is 8.04. The lowest BCUT2D eigenvalue weighted by Crippen LogP contribution is -2.14. The molecular weight excluding hydrogens is 416 g/mol. The van der Waals surface area contributed by atoms with Gasteiger partial charge in [0.05, 0.1) is 21.2 Å². The van der Waals surface area contributed by atoms with Gasteiger partial charge in [0, 0.05) is 11.3 Å². The second-order valence-electron chi connectivity index (χ2n) is 5.95. The lowest BCUT2D eigenvalue weighted by molar-refractivity contribution is 0.0696. The van der Waals surface area contributed by atoms with Crippen molar-refractivity contribution in [3.63, 3.8) is 0 Å². The van der Waals surface area contributed by atoms with Gasteiger partial charge < -0.3 is 10.4 Å². The Morgan fingerprint density at radius 1 is 0.862 bits per heavy atom. The van der Waals surface area contributed by atoms with Crippen molar-refractivity contribution in [3.8, 4) is 0 Å². The average molecular weight is 431 g/mol. The minimum absolute atomic E-state index is 0.0541. The van der Waals surface area contributed by atoms with Crippen molar-refractivity contribution in [2.75, 3.05) is 10.0 Å². The molecule has 1 amide bonds. The fourth-order valence-corrected chi connectivity index (χ4v) is 3.83. The zero-order chi connectivity index (χ0) is 21.0. The van der Waals surface area contributed by atoms with Crippen LogP contribution in [0.5, 0.6) is 0 Å². The number of sulfonamides is 1. The maximum absolute atomic E-state index is 12.4. The Hall–Kier alpha value is -3.36. The molecule has 0 heterocycles. The SMILES string of the molecule is O=C(O)c1ccc(NC(=O)c2ccc(NS(=O)(=O)c3ccccc3)c(Cl)c2)cc1. The van der Waals surface area contributed by atoms with Crippen LogP contribution < -0.4 is 10.0 Å². The van der Waals surface area contributed by atoms with Crippen molar-refractivity contribution in [1.82, 2.24) is 0 Å². The molecule has 3 aromatic rings. The van der Waals surface area contributed by atoms with E-state index in [2.05, 4.69) is 10.0 Å². The lowest BCUT2D eigenvalue weighted by Gasteiger charge is -2.11. The molecule has 0 saturated carbocycles. The van der Waals surface area contributed by atoms with Gasteiger partial charge in [0.1, 0.15) is 0 Å². The normalized spacial score (nSPS) is 10.9. The maximum atomic E-state index is 12.4. The number of halogens is 1. The fourth-order valence-electron chi connectivity index (χ4n) is 2.44. The number of amides is 1. The Bertz CT molecular complexity index is 1160. The van der Waals surface area contributed by atoms with Crippen molar-refractivity contribution < 1.29 is 23.1 Å². The van der Waals surface area contributed by atoms with Gasteiger partial charge in [-0.25, -0.2) is 13.2 Å². The van der Waals surface area contributed by atoms with Gasteiger partial charge in [0.25, 0.3) is 15.9 Å². The number of carbonyl (C=O) groups is 2. The molecule has 0 spiro atoms. The number of rotatable bonds is 6. The molecule has 0 fully saturated rings. The number of carboxylic acids is 1. The van der Waals surface area contributed by atoms with Crippen LogP contribution in [0, 0.1) is 0 Å². The summed E-state index contributed by atoms with van der Waals surface area (Å²) in [5.74, 6) is -1.55. The first kappa shape index (κ1) is 20.4. The predicted molar refractivity (Wildman–Crippen MR) is 110 cm³/mol. The second kappa shape index (κ2) is 8.34. The molecule has 29 heavy (non-hydrogen) atoms. The highest BCUT2D eigenvalue weighted by atomic mass is 35.5. The number of carbonyl (C=O) groups excluding carboxylic acids is 1. The first-order valence-electron chi connectivity index (χ1n) is 8.28. The summed E-state index contributed by atoms with van der Waals surface area (Å²) in [6, 6.07) is 17.6. The summed E-state index contributed by atoms with van der Waals surface area (Å²) in [6.45, 7) is 0. The standard InChI is InChI=1S/C20H15ClN2O5S/c21-17-12-14(19(24)22-15-9-6-13(7-10-15)20(25)26)8-11-18(17)23-29(27,28)16-4-2-1-3-5-16/h1-12,23H,(H,22,24)(H,25,26). The highest BCUT2D eigenvalue weighted by Crippen LogP contribution is 2.26. The maximum Gasteiger partial charge on any atom is 0.335 e. The molecule has 9 heteroatoms. The van der Waals surface area contributed by atoms with Gasteiger partial charge in [-0.05, 0) is 54.6 Å². The quantitative estimate of drug-likeness (QED) is 0.545. The summed E-state index contributed by atoms with van der Waals surface area (Å²) in [7, 11) is -3.81. The Kier molecular flexibility index (Phi) is 5.86. The minimum Gasteiger partial charge on any atom is -0.478 e. The zero-order valence-corrected chi connectivity index (χ0v) is 16.4. The van der Waals surface area contributed by atoms with Crippen LogP contribution in [0.2, 0.25) is 5.02 Å². The molecule has 0 atom stereocenters. The van der Waals surface area contributed by atoms with E-state index in [1.165, 1.54) is 54.6 Å². The van der Waals surface area contributed by atoms with Gasteiger partial charge >= 0.3 is 5.97 Å². The smallest absolute Gasteiger partial charge is 0.335 e. The van der Waals surface area contributed by atoms with Gasteiger partial charge in [-0.2, -0.15) is 0 Å². The van der Waals surface area contributed by atoms with E-state index in [4.69, 9.17) is 16.7 Å². The summed E-state index contributed by atoms with van der Waals surface area (Å²) < 4.78 is 27.2. The molecule has 3 N–H and O–H groups in total. The summed E-state index contributed by atoms with van der Waals surface area (Å²) in [4.78, 5) is 23.3. The van der Waals surface area contributed by atoms with Gasteiger partial charge in [-0.1, -0.05) is 29.8 Å². The van der Waals surface area contributed by atoms with Gasteiger partial charge in [0.15, 0.2) is 0 Å². The van der Waals surface area contributed by atoms with Crippen molar-refractivity contribution in [3.05, 3.63) is 88.9 Å². The molecule has 0 radical (unpaired) electrons. The molecule has 0 aromatic heterocycles. The van der Waals surface area contributed by atoms with Crippen LogP contribution in [0.1, 0.15) is 20.7 Å². The van der Waals surface area contributed by atoms with Crippen LogP contribution in [-0.4, -0.2) is 25.4 Å². The van der Waals surface area contributed by atoms with Crippen molar-refractivity contribution in [1.29, 1.82) is 0 Å². The Balaban J connectivity index is 1.75. The Morgan fingerprint density at radius 2 is 1.48 bits per heavy atom. The summed E-state index contributed by atoms with van der Waals surface area (Å²) in [6.07, 6.45) is 0. The van der Waals surface area contributed by atoms with Crippen LogP contribution in [0.15, 0.2) is 77.7 Å². The van der Waals surface area contributed by atoms with Gasteiger partial charge in [-0.15, -0.1) is 0 Å². The number of benzene rings is 3. The van der Waals surface area contributed by atoms with Gasteiger partial charge in [-0.3, -0.25) is 9.52 Å². The lowest BCUT2D eigenvalue weighted by atomic mass is 10.1. The van der Waals surface area contributed by atoms with Crippen LogP contribution in [0.4, 0.5) is 11.4 Å². The molecule has 0 saturated heterocycles. The van der Waals surface area contributed by atoms with E-state index in [9.17, 15) is 18.0 Å². The zero-order valence-electron chi connectivity index (χ0n) is 14.8. The van der Waals surface area contributed by atoms with Gasteiger partial charge in [0.2, 0.25) is 0 Å². The topological polar surface area (TPSA) is 113 Å². The third-order valence-electron chi connectivity index (χ3n) is 3.92. The third kappa shape index (κ3) is 4.92. The molecule has 3 rings (SSSR count). The summed E-state index contributed by atoms with van der Waals surface area (Å²) >= 11 is 6.15. The number of hydrogen-bond acceptors (Lipinski definition) is 4. The van der Waals surface area contributed by atoms with Crippen molar-refractivity contribution in [2.24, 2.45) is 0 Å². The molecule has 7 nitrogen and oxygen atoms in total. The number of nitrogens with one attached hydrogen (secondary N) is 2. The molecule has 0 aliphatic rings. The van der Waals surface area contributed by atoms with Crippen molar-refractivity contribution >= 4 is 44.9 Å². The van der Waals surface area contributed by atoms with E-state index < -0.39 is 21.9 Å². The van der Waals surface area contributed by atoms with Crippen LogP contribution in [0.3, 0.4) is 0 Å². The van der Waals surface area contributed by atoms with E-state index in [0.717, 1.165) is 0 Å². The number of anilines is 2. The minimum atomic E-state index is -3.81. The summed E-state index contributed by atoms with van der Waals surface area (Å²) in [5, 5.41) is 11.6. The molecule has 0 bridgehead atoms. The number of aromatic carboxylic acids is 1. The molecule has 0 aliphatic heterocycles. The molecule has 0 aliphatic carbocycles. The highest BCUT2D eigenvalue weighted by Gasteiger charge is 2.16.